The molecule has 0 heterocycles. The molecule has 1 aliphatic rings. The Balaban J connectivity index is 2.22. The second kappa shape index (κ2) is 6.07. The molecule has 0 unspecified atom stereocenters. The molecular formula is C13H15F2NO4S. The Bertz CT molecular complexity index is 654. The zero-order valence-electron chi connectivity index (χ0n) is 11.1. The summed E-state index contributed by atoms with van der Waals surface area (Å²) in [5.41, 5.74) is -0.767. The van der Waals surface area contributed by atoms with Gasteiger partial charge in [-0.05, 0) is 30.9 Å². The van der Waals surface area contributed by atoms with Gasteiger partial charge in [0, 0.05) is 0 Å². The lowest BCUT2D eigenvalue weighted by Crippen LogP contribution is -2.19. The number of rotatable bonds is 4. The molecule has 0 spiro atoms. The van der Waals surface area contributed by atoms with Crippen molar-refractivity contribution in [1.29, 1.82) is 0 Å². The van der Waals surface area contributed by atoms with E-state index in [1.165, 1.54) is 0 Å². The van der Waals surface area contributed by atoms with Crippen molar-refractivity contribution < 1.29 is 26.7 Å². The second-order valence-electron chi connectivity index (χ2n) is 5.06. The van der Waals surface area contributed by atoms with E-state index < -0.39 is 38.1 Å². The monoisotopic (exact) mass is 319 g/mol. The smallest absolute Gasteiger partial charge is 0.341 e. The summed E-state index contributed by atoms with van der Waals surface area (Å²) in [4.78, 5) is 10.7. The van der Waals surface area contributed by atoms with Crippen molar-refractivity contribution in [3.05, 3.63) is 29.3 Å². The zero-order valence-corrected chi connectivity index (χ0v) is 12.0. The van der Waals surface area contributed by atoms with Crippen LogP contribution in [0.4, 0.5) is 8.78 Å². The summed E-state index contributed by atoms with van der Waals surface area (Å²) in [6, 6.07) is 1.03. The Kier molecular flexibility index (Phi) is 4.58. The van der Waals surface area contributed by atoms with E-state index in [2.05, 4.69) is 0 Å². The van der Waals surface area contributed by atoms with E-state index in [9.17, 15) is 22.0 Å². The third-order valence-corrected chi connectivity index (χ3v) is 4.37. The number of sulfonamides is 1. The average molecular weight is 319 g/mol. The van der Waals surface area contributed by atoms with Crippen LogP contribution in [0.15, 0.2) is 17.0 Å². The van der Waals surface area contributed by atoms with E-state index in [1.54, 1.807) is 0 Å². The minimum atomic E-state index is -4.47. The number of benzene rings is 1. The largest absolute Gasteiger partial charge is 0.462 e. The van der Waals surface area contributed by atoms with Gasteiger partial charge in [0.15, 0.2) is 5.82 Å². The van der Waals surface area contributed by atoms with Crippen LogP contribution in [-0.2, 0) is 14.8 Å². The number of hydrogen-bond donors (Lipinski definition) is 1. The molecule has 1 saturated carbocycles. The molecule has 8 heteroatoms. The fraction of sp³-hybridized carbons (Fsp3) is 0.462. The van der Waals surface area contributed by atoms with Gasteiger partial charge in [-0.3, -0.25) is 0 Å². The minimum absolute atomic E-state index is 0.111. The highest BCUT2D eigenvalue weighted by Gasteiger charge is 2.25. The van der Waals surface area contributed by atoms with Gasteiger partial charge in [0.05, 0.1) is 12.2 Å². The van der Waals surface area contributed by atoms with E-state index in [0.717, 1.165) is 25.7 Å². The molecule has 2 rings (SSSR count). The first-order chi connectivity index (χ1) is 9.79. The van der Waals surface area contributed by atoms with Gasteiger partial charge < -0.3 is 4.74 Å². The third kappa shape index (κ3) is 3.76. The predicted molar refractivity (Wildman–Crippen MR) is 70.0 cm³/mol. The van der Waals surface area contributed by atoms with Crippen molar-refractivity contribution in [1.82, 2.24) is 0 Å². The standard InChI is InChI=1S/C13H15F2NO4S/c14-9-5-10(12(15)11(6-9)21(16,18)19)13(17)20-7-8-3-1-2-4-8/h5-6,8H,1-4,7H2,(H2,16,18,19). The zero-order chi connectivity index (χ0) is 15.6. The fourth-order valence-electron chi connectivity index (χ4n) is 2.37. The Labute approximate surface area is 121 Å². The Morgan fingerprint density at radius 2 is 1.90 bits per heavy atom. The summed E-state index contributed by atoms with van der Waals surface area (Å²) >= 11 is 0. The molecule has 0 aromatic heterocycles. The van der Waals surface area contributed by atoms with Crippen molar-refractivity contribution in [3.63, 3.8) is 0 Å². The van der Waals surface area contributed by atoms with E-state index in [0.29, 0.717) is 12.1 Å². The second-order valence-corrected chi connectivity index (χ2v) is 6.59. The van der Waals surface area contributed by atoms with Crippen LogP contribution in [0.1, 0.15) is 36.0 Å². The molecule has 1 aromatic rings. The van der Waals surface area contributed by atoms with Crippen molar-refractivity contribution >= 4 is 16.0 Å². The van der Waals surface area contributed by atoms with E-state index in [1.807, 2.05) is 0 Å². The number of hydrogen-bond acceptors (Lipinski definition) is 4. The number of primary sulfonamides is 1. The molecule has 0 aliphatic heterocycles. The Morgan fingerprint density at radius 3 is 2.48 bits per heavy atom. The molecule has 2 N–H and O–H groups in total. The maximum Gasteiger partial charge on any atom is 0.341 e. The van der Waals surface area contributed by atoms with Crippen molar-refractivity contribution in [3.8, 4) is 0 Å². The number of carbonyl (C=O) groups excluding carboxylic acids is 1. The highest BCUT2D eigenvalue weighted by Crippen LogP contribution is 2.26. The maximum absolute atomic E-state index is 14.0. The Morgan fingerprint density at radius 1 is 1.29 bits per heavy atom. The SMILES string of the molecule is NS(=O)(=O)c1cc(F)cc(C(=O)OCC2CCCC2)c1F. The van der Waals surface area contributed by atoms with E-state index in [-0.39, 0.29) is 12.5 Å². The van der Waals surface area contributed by atoms with Crippen molar-refractivity contribution in [2.75, 3.05) is 6.61 Å². The van der Waals surface area contributed by atoms with Crippen LogP contribution in [0.2, 0.25) is 0 Å². The predicted octanol–water partition coefficient (Wildman–Crippen LogP) is 1.96. The topological polar surface area (TPSA) is 86.5 Å². The fourth-order valence-corrected chi connectivity index (χ4v) is 3.00. The lowest BCUT2D eigenvalue weighted by molar-refractivity contribution is 0.0436. The average Bonchev–Trinajstić information content (AvgIpc) is 2.90. The summed E-state index contributed by atoms with van der Waals surface area (Å²) in [6.45, 7) is 0.111. The van der Waals surface area contributed by atoms with Crippen LogP contribution in [0.25, 0.3) is 0 Å². The molecule has 0 atom stereocenters. The minimum Gasteiger partial charge on any atom is -0.462 e. The van der Waals surface area contributed by atoms with Gasteiger partial charge in [0.25, 0.3) is 0 Å². The summed E-state index contributed by atoms with van der Waals surface area (Å²) in [6.07, 6.45) is 3.93. The summed E-state index contributed by atoms with van der Waals surface area (Å²) < 4.78 is 54.6. The van der Waals surface area contributed by atoms with E-state index >= 15 is 0 Å². The molecule has 1 aromatic carbocycles. The third-order valence-electron chi connectivity index (χ3n) is 3.46. The maximum atomic E-state index is 14.0. The van der Waals surface area contributed by atoms with Crippen LogP contribution < -0.4 is 5.14 Å². The van der Waals surface area contributed by atoms with Gasteiger partial charge in [-0.1, -0.05) is 12.8 Å². The molecule has 0 saturated heterocycles. The molecule has 0 amide bonds. The molecule has 1 aliphatic carbocycles. The first-order valence-electron chi connectivity index (χ1n) is 6.48. The van der Waals surface area contributed by atoms with Crippen LogP contribution in [0.5, 0.6) is 0 Å². The van der Waals surface area contributed by atoms with E-state index in [4.69, 9.17) is 9.88 Å². The summed E-state index contributed by atoms with van der Waals surface area (Å²) in [5, 5.41) is 4.78. The van der Waals surface area contributed by atoms with Gasteiger partial charge in [0.2, 0.25) is 10.0 Å². The number of carbonyl (C=O) groups is 1. The van der Waals surface area contributed by atoms with Crippen LogP contribution in [0.3, 0.4) is 0 Å². The molecule has 5 nitrogen and oxygen atoms in total. The summed E-state index contributed by atoms with van der Waals surface area (Å²) in [7, 11) is -4.47. The normalized spacial score (nSPS) is 16.1. The number of esters is 1. The molecule has 0 bridgehead atoms. The van der Waals surface area contributed by atoms with Gasteiger partial charge >= 0.3 is 5.97 Å². The first-order valence-corrected chi connectivity index (χ1v) is 8.02. The quantitative estimate of drug-likeness (QED) is 0.860. The molecule has 0 radical (unpaired) electrons. The van der Waals surface area contributed by atoms with Gasteiger partial charge in [-0.15, -0.1) is 0 Å². The van der Waals surface area contributed by atoms with Crippen LogP contribution in [-0.4, -0.2) is 21.0 Å². The summed E-state index contributed by atoms with van der Waals surface area (Å²) in [5.74, 6) is -3.35. The molecule has 21 heavy (non-hydrogen) atoms. The number of ether oxygens (including phenoxy) is 1. The lowest BCUT2D eigenvalue weighted by Gasteiger charge is -2.11. The number of nitrogens with two attached hydrogens (primary N) is 1. The van der Waals surface area contributed by atoms with Crippen molar-refractivity contribution in [2.45, 2.75) is 30.6 Å². The molecule has 1 fully saturated rings. The first kappa shape index (κ1) is 15.8. The van der Waals surface area contributed by atoms with Gasteiger partial charge in [-0.25, -0.2) is 27.1 Å². The highest BCUT2D eigenvalue weighted by molar-refractivity contribution is 7.89. The lowest BCUT2D eigenvalue weighted by atomic mass is 10.1. The van der Waals surface area contributed by atoms with Gasteiger partial charge in [0.1, 0.15) is 10.7 Å². The Hall–Kier alpha value is -1.54. The van der Waals surface area contributed by atoms with Gasteiger partial charge in [-0.2, -0.15) is 0 Å². The molecule has 116 valence electrons. The number of halogens is 2. The molecular weight excluding hydrogens is 304 g/mol. The van der Waals surface area contributed by atoms with Crippen LogP contribution >= 0.6 is 0 Å². The van der Waals surface area contributed by atoms with Crippen LogP contribution in [0, 0.1) is 17.6 Å². The highest BCUT2D eigenvalue weighted by atomic mass is 32.2. The van der Waals surface area contributed by atoms with Crippen molar-refractivity contribution in [2.24, 2.45) is 11.1 Å².